The Bertz CT molecular complexity index is 716. The molecule has 21 heavy (non-hydrogen) atoms. The summed E-state index contributed by atoms with van der Waals surface area (Å²) in [5.74, 6) is 5.64. The molecule has 1 amide bonds. The zero-order valence-corrected chi connectivity index (χ0v) is 14.0. The van der Waals surface area contributed by atoms with Gasteiger partial charge in [-0.25, -0.2) is 0 Å². The van der Waals surface area contributed by atoms with Gasteiger partial charge >= 0.3 is 0 Å². The zero-order chi connectivity index (χ0) is 15.2. The van der Waals surface area contributed by atoms with Gasteiger partial charge in [0.25, 0.3) is 5.91 Å². The van der Waals surface area contributed by atoms with Crippen molar-refractivity contribution in [3.05, 3.63) is 49.2 Å². The number of thiophene rings is 1. The van der Waals surface area contributed by atoms with E-state index in [1.807, 2.05) is 34.7 Å². The summed E-state index contributed by atoms with van der Waals surface area (Å²) < 4.78 is 0.713. The average Bonchev–Trinajstić information content (AvgIpc) is 2.93. The van der Waals surface area contributed by atoms with E-state index in [0.717, 1.165) is 9.75 Å². The Morgan fingerprint density at radius 2 is 2.19 bits per heavy atom. The second kappa shape index (κ2) is 7.45. The molecule has 4 N–H and O–H groups in total. The molecule has 6 heteroatoms. The fourth-order valence-corrected chi connectivity index (χ4v) is 2.76. The summed E-state index contributed by atoms with van der Waals surface area (Å²) in [6, 6.07) is 8.69. The van der Waals surface area contributed by atoms with Crippen LogP contribution in [0.2, 0.25) is 0 Å². The first-order valence-corrected chi connectivity index (χ1v) is 8.04. The molecule has 2 rings (SSSR count). The van der Waals surface area contributed by atoms with Crippen molar-refractivity contribution in [2.75, 3.05) is 6.54 Å². The molecule has 0 atom stereocenters. The molecule has 0 aliphatic rings. The number of carbonyl (C=O) groups is 1. The van der Waals surface area contributed by atoms with E-state index in [9.17, 15) is 9.90 Å². The highest BCUT2D eigenvalue weighted by atomic mass is 127. The van der Waals surface area contributed by atoms with Gasteiger partial charge in [-0.05, 0) is 52.9 Å². The lowest BCUT2D eigenvalue weighted by molar-refractivity contribution is 0.0951. The van der Waals surface area contributed by atoms with Gasteiger partial charge in [-0.2, -0.15) is 0 Å². The molecule has 0 aliphatic carbocycles. The predicted octanol–water partition coefficient (Wildman–Crippen LogP) is 2.30. The number of hydrogen-bond donors (Lipinski definition) is 3. The molecule has 2 aromatic rings. The van der Waals surface area contributed by atoms with Crippen LogP contribution in [0.5, 0.6) is 5.75 Å². The molecule has 1 aromatic heterocycles. The Kier molecular flexibility index (Phi) is 5.61. The van der Waals surface area contributed by atoms with Gasteiger partial charge in [-0.15, -0.1) is 11.3 Å². The van der Waals surface area contributed by atoms with Crippen molar-refractivity contribution >= 4 is 39.8 Å². The number of rotatable bonds is 3. The van der Waals surface area contributed by atoms with Crippen LogP contribution in [0, 0.1) is 15.4 Å². The number of benzene rings is 1. The summed E-state index contributed by atoms with van der Waals surface area (Å²) in [6.07, 6.45) is 0. The molecule has 108 valence electrons. The molecule has 0 saturated carbocycles. The van der Waals surface area contributed by atoms with Crippen LogP contribution in [-0.4, -0.2) is 17.6 Å². The van der Waals surface area contributed by atoms with Gasteiger partial charge < -0.3 is 16.2 Å². The minimum atomic E-state index is -0.218. The minimum Gasteiger partial charge on any atom is -0.507 e. The maximum absolute atomic E-state index is 12.0. The molecule has 0 unspecified atom stereocenters. The molecular formula is C15H13IN2O2S. The van der Waals surface area contributed by atoms with Gasteiger partial charge in [0.05, 0.1) is 21.5 Å². The Hall–Kier alpha value is -1.56. The lowest BCUT2D eigenvalue weighted by Crippen LogP contribution is -2.22. The van der Waals surface area contributed by atoms with E-state index in [2.05, 4.69) is 17.2 Å². The molecule has 0 bridgehead atoms. The lowest BCUT2D eigenvalue weighted by Gasteiger charge is -2.05. The zero-order valence-electron chi connectivity index (χ0n) is 11.0. The fraction of sp³-hybridized carbons (Fsp3) is 0.133. The third-order valence-electron chi connectivity index (χ3n) is 2.61. The van der Waals surface area contributed by atoms with Crippen molar-refractivity contribution in [2.24, 2.45) is 5.73 Å². The van der Waals surface area contributed by atoms with Crippen LogP contribution in [0.15, 0.2) is 30.3 Å². The second-order valence-corrected chi connectivity index (χ2v) is 6.45. The van der Waals surface area contributed by atoms with E-state index in [1.54, 1.807) is 12.1 Å². The first kappa shape index (κ1) is 15.8. The van der Waals surface area contributed by atoms with Crippen molar-refractivity contribution in [3.8, 4) is 17.6 Å². The van der Waals surface area contributed by atoms with Crippen LogP contribution >= 0.6 is 33.9 Å². The number of carbonyl (C=O) groups excluding carboxylic acids is 1. The Labute approximate surface area is 140 Å². The van der Waals surface area contributed by atoms with Gasteiger partial charge in [0.15, 0.2) is 0 Å². The van der Waals surface area contributed by atoms with E-state index in [4.69, 9.17) is 5.73 Å². The van der Waals surface area contributed by atoms with Crippen LogP contribution in [0.4, 0.5) is 0 Å². The van der Waals surface area contributed by atoms with E-state index in [1.165, 1.54) is 17.4 Å². The van der Waals surface area contributed by atoms with E-state index in [0.29, 0.717) is 22.2 Å². The average molecular weight is 412 g/mol. The molecule has 4 nitrogen and oxygen atoms in total. The van der Waals surface area contributed by atoms with Gasteiger partial charge in [0, 0.05) is 10.4 Å². The summed E-state index contributed by atoms with van der Waals surface area (Å²) >= 11 is 3.53. The summed E-state index contributed by atoms with van der Waals surface area (Å²) in [6.45, 7) is 0.765. The smallest absolute Gasteiger partial charge is 0.251 e. The largest absolute Gasteiger partial charge is 0.507 e. The number of nitrogens with two attached hydrogens (primary N) is 1. The van der Waals surface area contributed by atoms with E-state index >= 15 is 0 Å². The van der Waals surface area contributed by atoms with Gasteiger partial charge in [-0.3, -0.25) is 4.79 Å². The highest BCUT2D eigenvalue weighted by Gasteiger charge is 2.08. The molecule has 0 spiro atoms. The number of phenols is 1. The summed E-state index contributed by atoms with van der Waals surface area (Å²) in [7, 11) is 0. The van der Waals surface area contributed by atoms with Crippen LogP contribution in [0.3, 0.4) is 0 Å². The fourth-order valence-electron chi connectivity index (χ4n) is 1.60. The number of halogens is 1. The van der Waals surface area contributed by atoms with Crippen LogP contribution in [0.1, 0.15) is 20.1 Å². The molecular weight excluding hydrogens is 399 g/mol. The summed E-state index contributed by atoms with van der Waals surface area (Å²) in [4.78, 5) is 13.9. The Balaban J connectivity index is 1.97. The van der Waals surface area contributed by atoms with Gasteiger partial charge in [-0.1, -0.05) is 11.8 Å². The van der Waals surface area contributed by atoms with Crippen LogP contribution in [0.25, 0.3) is 0 Å². The second-order valence-electron chi connectivity index (χ2n) is 4.12. The number of nitrogens with one attached hydrogen (secondary N) is 1. The molecule has 0 radical (unpaired) electrons. The molecule has 1 heterocycles. The minimum absolute atomic E-state index is 0.110. The highest BCUT2D eigenvalue weighted by Crippen LogP contribution is 2.20. The standard InChI is InChI=1S/C15H13IN2O2S/c16-13-6-3-10(8-14(13)19)15(20)18-9-12-5-4-11(21-12)2-1-7-17/h3-6,8,19H,7,9,17H2,(H,18,20). The third-order valence-corrected chi connectivity index (χ3v) is 4.52. The Morgan fingerprint density at radius 3 is 2.90 bits per heavy atom. The first-order valence-electron chi connectivity index (χ1n) is 6.14. The van der Waals surface area contributed by atoms with Crippen molar-refractivity contribution < 1.29 is 9.90 Å². The van der Waals surface area contributed by atoms with Crippen LogP contribution in [-0.2, 0) is 6.54 Å². The molecule has 0 saturated heterocycles. The number of hydrogen-bond acceptors (Lipinski definition) is 4. The number of amides is 1. The topological polar surface area (TPSA) is 75.3 Å². The van der Waals surface area contributed by atoms with Crippen molar-refractivity contribution in [1.82, 2.24) is 5.32 Å². The van der Waals surface area contributed by atoms with Crippen LogP contribution < -0.4 is 11.1 Å². The van der Waals surface area contributed by atoms with E-state index < -0.39 is 0 Å². The van der Waals surface area contributed by atoms with Crippen molar-refractivity contribution in [1.29, 1.82) is 0 Å². The summed E-state index contributed by atoms with van der Waals surface area (Å²) in [5.41, 5.74) is 5.76. The molecule has 1 aromatic carbocycles. The van der Waals surface area contributed by atoms with Gasteiger partial charge in [0.2, 0.25) is 0 Å². The van der Waals surface area contributed by atoms with E-state index in [-0.39, 0.29) is 11.7 Å². The monoisotopic (exact) mass is 412 g/mol. The van der Waals surface area contributed by atoms with Gasteiger partial charge in [0.1, 0.15) is 5.75 Å². The molecule has 0 aliphatic heterocycles. The maximum atomic E-state index is 12.0. The lowest BCUT2D eigenvalue weighted by atomic mass is 10.2. The quantitative estimate of drug-likeness (QED) is 0.535. The predicted molar refractivity (Wildman–Crippen MR) is 92.2 cm³/mol. The maximum Gasteiger partial charge on any atom is 0.251 e. The number of aromatic hydroxyl groups is 1. The van der Waals surface area contributed by atoms with Crippen molar-refractivity contribution in [3.63, 3.8) is 0 Å². The van der Waals surface area contributed by atoms with Crippen molar-refractivity contribution in [2.45, 2.75) is 6.54 Å². The first-order chi connectivity index (χ1) is 10.1. The highest BCUT2D eigenvalue weighted by molar-refractivity contribution is 14.1. The Morgan fingerprint density at radius 1 is 1.38 bits per heavy atom. The summed E-state index contributed by atoms with van der Waals surface area (Å²) in [5, 5.41) is 12.4. The SMILES string of the molecule is NCC#Cc1ccc(CNC(=O)c2ccc(I)c(O)c2)s1. The normalized spacial score (nSPS) is 9.81. The number of phenolic OH excluding ortho intramolecular Hbond substituents is 1. The third kappa shape index (κ3) is 4.46. The molecule has 0 fully saturated rings.